The molecule has 0 spiro atoms. The third kappa shape index (κ3) is 5.70. The molecule has 1 saturated heterocycles. The Labute approximate surface area is 169 Å². The lowest BCUT2D eigenvalue weighted by atomic mass is 10.2. The number of carbonyl (C=O) groups excluding carboxylic acids is 1. The number of para-hydroxylation sites is 2. The zero-order chi connectivity index (χ0) is 20.6. The minimum atomic E-state index is -2.85. The summed E-state index contributed by atoms with van der Waals surface area (Å²) in [7, 11) is 0. The van der Waals surface area contributed by atoms with Gasteiger partial charge < -0.3 is 19.3 Å². The zero-order valence-electron chi connectivity index (χ0n) is 16.3. The molecule has 3 rings (SSSR count). The molecule has 7 heteroatoms. The molecule has 0 N–H and O–H groups in total. The van der Waals surface area contributed by atoms with Crippen molar-refractivity contribution in [2.75, 3.05) is 37.7 Å². The van der Waals surface area contributed by atoms with Gasteiger partial charge in [0.2, 0.25) is 5.91 Å². The summed E-state index contributed by atoms with van der Waals surface area (Å²) in [5.41, 5.74) is 1.78. The van der Waals surface area contributed by atoms with E-state index >= 15 is 0 Å². The molecule has 2 aromatic carbocycles. The fraction of sp³-hybridized carbons (Fsp3) is 0.318. The molecule has 2 aromatic rings. The Morgan fingerprint density at radius 1 is 1.07 bits per heavy atom. The lowest BCUT2D eigenvalue weighted by Gasteiger charge is -2.36. The molecule has 1 aliphatic heterocycles. The van der Waals surface area contributed by atoms with Crippen LogP contribution < -0.4 is 14.4 Å². The third-order valence-corrected chi connectivity index (χ3v) is 4.62. The van der Waals surface area contributed by atoms with Gasteiger partial charge in [0.25, 0.3) is 0 Å². The molecule has 5 nitrogen and oxygen atoms in total. The van der Waals surface area contributed by atoms with Crippen LogP contribution in [0.25, 0.3) is 6.08 Å². The van der Waals surface area contributed by atoms with Crippen LogP contribution in [0.15, 0.2) is 54.6 Å². The van der Waals surface area contributed by atoms with Gasteiger partial charge in [-0.25, -0.2) is 0 Å². The summed E-state index contributed by atoms with van der Waals surface area (Å²) in [6.07, 6.45) is 3.18. The van der Waals surface area contributed by atoms with Crippen LogP contribution in [-0.2, 0) is 4.79 Å². The minimum Gasteiger partial charge on any atom is -0.492 e. The normalized spacial score (nSPS) is 14.5. The summed E-state index contributed by atoms with van der Waals surface area (Å²) in [5.74, 6) is 0.872. The molecule has 0 radical (unpaired) electrons. The van der Waals surface area contributed by atoms with Crippen molar-refractivity contribution < 1.29 is 23.0 Å². The lowest BCUT2D eigenvalue weighted by Crippen LogP contribution is -2.48. The predicted molar refractivity (Wildman–Crippen MR) is 109 cm³/mol. The number of amides is 1. The number of carbonyl (C=O) groups is 1. The van der Waals surface area contributed by atoms with Gasteiger partial charge in [-0.3, -0.25) is 4.79 Å². The van der Waals surface area contributed by atoms with Crippen LogP contribution in [0.3, 0.4) is 0 Å². The fourth-order valence-electron chi connectivity index (χ4n) is 3.20. The number of ether oxygens (including phenoxy) is 2. The smallest absolute Gasteiger partial charge is 0.387 e. The van der Waals surface area contributed by atoms with Crippen molar-refractivity contribution >= 4 is 17.7 Å². The zero-order valence-corrected chi connectivity index (χ0v) is 16.3. The van der Waals surface area contributed by atoms with E-state index in [1.54, 1.807) is 23.1 Å². The van der Waals surface area contributed by atoms with Crippen molar-refractivity contribution in [2.45, 2.75) is 13.5 Å². The van der Waals surface area contributed by atoms with Crippen molar-refractivity contribution in [2.24, 2.45) is 0 Å². The van der Waals surface area contributed by atoms with Gasteiger partial charge in [-0.2, -0.15) is 8.78 Å². The van der Waals surface area contributed by atoms with E-state index < -0.39 is 6.61 Å². The monoisotopic (exact) mass is 402 g/mol. The maximum Gasteiger partial charge on any atom is 0.387 e. The number of piperazine rings is 1. The van der Waals surface area contributed by atoms with Crippen molar-refractivity contribution in [1.82, 2.24) is 4.90 Å². The molecule has 0 unspecified atom stereocenters. The standard InChI is InChI=1S/C22H24F2N2O3/c1-2-28-20-6-4-3-5-19(20)25-13-15-26(16-14-25)21(27)12-9-17-7-10-18(11-8-17)29-22(23)24/h3-12,22H,2,13-16H2,1H3/b12-9+. The second-order valence-electron chi connectivity index (χ2n) is 6.49. The van der Waals surface area contributed by atoms with Crippen LogP contribution in [-0.4, -0.2) is 50.2 Å². The van der Waals surface area contributed by atoms with E-state index in [9.17, 15) is 13.6 Å². The molecule has 1 fully saturated rings. The molecule has 154 valence electrons. The number of benzene rings is 2. The van der Waals surface area contributed by atoms with Gasteiger partial charge in [-0.1, -0.05) is 24.3 Å². The second-order valence-corrected chi connectivity index (χ2v) is 6.49. The lowest BCUT2D eigenvalue weighted by molar-refractivity contribution is -0.126. The average molecular weight is 402 g/mol. The first-order valence-corrected chi connectivity index (χ1v) is 9.55. The van der Waals surface area contributed by atoms with E-state index in [4.69, 9.17) is 4.74 Å². The van der Waals surface area contributed by atoms with Gasteiger partial charge in [-0.15, -0.1) is 0 Å². The Morgan fingerprint density at radius 2 is 1.76 bits per heavy atom. The van der Waals surface area contributed by atoms with Crippen molar-refractivity contribution in [3.05, 3.63) is 60.2 Å². The van der Waals surface area contributed by atoms with Gasteiger partial charge in [0.05, 0.1) is 12.3 Å². The molecular weight excluding hydrogens is 378 g/mol. The van der Waals surface area contributed by atoms with E-state index in [0.29, 0.717) is 19.7 Å². The van der Waals surface area contributed by atoms with Crippen molar-refractivity contribution in [1.29, 1.82) is 0 Å². The number of alkyl halides is 2. The van der Waals surface area contributed by atoms with Crippen LogP contribution in [0.5, 0.6) is 11.5 Å². The first-order valence-electron chi connectivity index (χ1n) is 9.55. The number of hydrogen-bond acceptors (Lipinski definition) is 4. The van der Waals surface area contributed by atoms with Gasteiger partial charge in [0.1, 0.15) is 11.5 Å². The number of nitrogens with zero attached hydrogens (tertiary/aromatic N) is 2. The Morgan fingerprint density at radius 3 is 2.41 bits per heavy atom. The third-order valence-electron chi connectivity index (χ3n) is 4.62. The van der Waals surface area contributed by atoms with Crippen LogP contribution >= 0.6 is 0 Å². The molecular formula is C22H24F2N2O3. The molecule has 0 aliphatic carbocycles. The minimum absolute atomic E-state index is 0.0735. The maximum atomic E-state index is 12.5. The van der Waals surface area contributed by atoms with Crippen molar-refractivity contribution in [3.63, 3.8) is 0 Å². The quantitative estimate of drug-likeness (QED) is 0.656. The molecule has 29 heavy (non-hydrogen) atoms. The SMILES string of the molecule is CCOc1ccccc1N1CCN(C(=O)/C=C/c2ccc(OC(F)F)cc2)CC1. The van der Waals surface area contributed by atoms with E-state index in [-0.39, 0.29) is 11.7 Å². The summed E-state index contributed by atoms with van der Waals surface area (Å²) in [6, 6.07) is 14.1. The Bertz CT molecular complexity index is 832. The molecule has 1 amide bonds. The van der Waals surface area contributed by atoms with Gasteiger partial charge in [-0.05, 0) is 42.8 Å². The highest BCUT2D eigenvalue weighted by Gasteiger charge is 2.21. The van der Waals surface area contributed by atoms with Crippen LogP contribution in [0.4, 0.5) is 14.5 Å². The van der Waals surface area contributed by atoms with E-state index in [1.807, 2.05) is 31.2 Å². The topological polar surface area (TPSA) is 42.0 Å². The summed E-state index contributed by atoms with van der Waals surface area (Å²) < 4.78 is 34.4. The van der Waals surface area contributed by atoms with Crippen LogP contribution in [0, 0.1) is 0 Å². The molecule has 0 bridgehead atoms. The first kappa shape index (κ1) is 20.6. The highest BCUT2D eigenvalue weighted by Crippen LogP contribution is 2.28. The summed E-state index contributed by atoms with van der Waals surface area (Å²) in [4.78, 5) is 16.5. The Kier molecular flexibility index (Phi) is 7.05. The van der Waals surface area contributed by atoms with Crippen molar-refractivity contribution in [3.8, 4) is 11.5 Å². The molecule has 0 atom stereocenters. The highest BCUT2D eigenvalue weighted by atomic mass is 19.3. The Balaban J connectivity index is 1.54. The number of rotatable bonds is 7. The molecule has 0 aromatic heterocycles. The van der Waals surface area contributed by atoms with E-state index in [0.717, 1.165) is 30.1 Å². The number of halogens is 2. The van der Waals surface area contributed by atoms with Gasteiger partial charge in [0, 0.05) is 32.3 Å². The number of anilines is 1. The summed E-state index contributed by atoms with van der Waals surface area (Å²) >= 11 is 0. The Hall–Kier alpha value is -3.09. The van der Waals surface area contributed by atoms with Crippen LogP contribution in [0.2, 0.25) is 0 Å². The first-order chi connectivity index (χ1) is 14.1. The fourth-order valence-corrected chi connectivity index (χ4v) is 3.20. The molecule has 1 heterocycles. The van der Waals surface area contributed by atoms with E-state index in [1.165, 1.54) is 18.2 Å². The van der Waals surface area contributed by atoms with Gasteiger partial charge in [0.15, 0.2) is 0 Å². The predicted octanol–water partition coefficient (Wildman–Crippen LogP) is 4.05. The number of hydrogen-bond donors (Lipinski definition) is 0. The largest absolute Gasteiger partial charge is 0.492 e. The summed E-state index contributed by atoms with van der Waals surface area (Å²) in [5, 5.41) is 0. The highest BCUT2D eigenvalue weighted by molar-refractivity contribution is 5.92. The molecule has 1 aliphatic rings. The van der Waals surface area contributed by atoms with E-state index in [2.05, 4.69) is 9.64 Å². The average Bonchev–Trinajstić information content (AvgIpc) is 2.73. The van der Waals surface area contributed by atoms with Crippen LogP contribution in [0.1, 0.15) is 12.5 Å². The summed E-state index contributed by atoms with van der Waals surface area (Å²) in [6.45, 7) is 2.40. The molecule has 0 saturated carbocycles. The second kappa shape index (κ2) is 9.91. The maximum absolute atomic E-state index is 12.5. The van der Waals surface area contributed by atoms with Gasteiger partial charge >= 0.3 is 6.61 Å².